The van der Waals surface area contributed by atoms with Crippen LogP contribution in [0.3, 0.4) is 0 Å². The van der Waals surface area contributed by atoms with Gasteiger partial charge in [0.05, 0.1) is 12.8 Å². The first-order valence-corrected chi connectivity index (χ1v) is 9.92. The Morgan fingerprint density at radius 1 is 1.20 bits per heavy atom. The van der Waals surface area contributed by atoms with E-state index in [1.54, 1.807) is 13.2 Å². The summed E-state index contributed by atoms with van der Waals surface area (Å²) >= 11 is 5.40. The van der Waals surface area contributed by atoms with Crippen LogP contribution in [0.4, 0.5) is 0 Å². The highest BCUT2D eigenvalue weighted by Crippen LogP contribution is 2.28. The Bertz CT molecular complexity index is 1320. The van der Waals surface area contributed by atoms with Crippen LogP contribution < -0.4 is 15.1 Å². The number of benzene rings is 2. The van der Waals surface area contributed by atoms with Crippen molar-refractivity contribution in [2.75, 3.05) is 7.11 Å². The number of hydrogen-bond acceptors (Lipinski definition) is 6. The molecule has 7 nitrogen and oxygen atoms in total. The van der Waals surface area contributed by atoms with Crippen LogP contribution in [0.2, 0.25) is 0 Å². The third-order valence-corrected chi connectivity index (χ3v) is 5.22. The lowest BCUT2D eigenvalue weighted by Gasteiger charge is -2.13. The van der Waals surface area contributed by atoms with E-state index in [1.165, 1.54) is 6.07 Å². The second-order valence-electron chi connectivity index (χ2n) is 6.83. The van der Waals surface area contributed by atoms with Crippen LogP contribution in [0.25, 0.3) is 16.7 Å². The number of nitrogens with zero attached hydrogens (tertiary/aromatic N) is 2. The van der Waals surface area contributed by atoms with Crippen molar-refractivity contribution in [1.29, 1.82) is 0 Å². The van der Waals surface area contributed by atoms with E-state index in [9.17, 15) is 4.79 Å². The van der Waals surface area contributed by atoms with Gasteiger partial charge in [-0.2, -0.15) is 5.10 Å². The maximum absolute atomic E-state index is 11.8. The first kappa shape index (κ1) is 19.9. The second-order valence-corrected chi connectivity index (χ2v) is 7.21. The summed E-state index contributed by atoms with van der Waals surface area (Å²) in [5.74, 6) is 2.03. The number of fused-ring (bicyclic) bond motifs is 1. The van der Waals surface area contributed by atoms with Gasteiger partial charge in [-0.25, -0.2) is 4.79 Å². The van der Waals surface area contributed by atoms with Gasteiger partial charge in [-0.3, -0.25) is 9.67 Å². The predicted octanol–water partition coefficient (Wildman–Crippen LogP) is 4.49. The van der Waals surface area contributed by atoms with Crippen molar-refractivity contribution in [1.82, 2.24) is 14.8 Å². The zero-order chi connectivity index (χ0) is 21.3. The number of aromatic amines is 1. The number of methoxy groups -OCH3 is 1. The van der Waals surface area contributed by atoms with E-state index in [-0.39, 0.29) is 12.2 Å². The predicted molar refractivity (Wildman–Crippen MR) is 116 cm³/mol. The highest BCUT2D eigenvalue weighted by molar-refractivity contribution is 7.71. The third-order valence-electron chi connectivity index (χ3n) is 4.94. The van der Waals surface area contributed by atoms with Crippen LogP contribution in [-0.2, 0) is 13.0 Å². The zero-order valence-corrected chi connectivity index (χ0v) is 17.7. The van der Waals surface area contributed by atoms with Crippen molar-refractivity contribution in [2.24, 2.45) is 0 Å². The maximum Gasteiger partial charge on any atom is 0.336 e. The third kappa shape index (κ3) is 3.73. The normalized spacial score (nSPS) is 11.0. The first-order valence-electron chi connectivity index (χ1n) is 9.51. The van der Waals surface area contributed by atoms with E-state index < -0.39 is 0 Å². The monoisotopic (exact) mass is 423 g/mol. The molecule has 0 aliphatic heterocycles. The molecule has 0 aliphatic carbocycles. The molecule has 154 valence electrons. The average molecular weight is 423 g/mol. The van der Waals surface area contributed by atoms with E-state index in [1.807, 2.05) is 41.8 Å². The molecule has 4 rings (SSSR count). The number of ether oxygens (including phenoxy) is 2. The van der Waals surface area contributed by atoms with Gasteiger partial charge in [0.2, 0.25) is 0 Å². The Hall–Kier alpha value is -3.39. The topological polar surface area (TPSA) is 82.3 Å². The molecular weight excluding hydrogens is 402 g/mol. The van der Waals surface area contributed by atoms with Crippen molar-refractivity contribution in [3.63, 3.8) is 0 Å². The molecule has 30 heavy (non-hydrogen) atoms. The minimum absolute atomic E-state index is 0.188. The fraction of sp³-hybridized carbons (Fsp3) is 0.227. The largest absolute Gasteiger partial charge is 0.497 e. The fourth-order valence-electron chi connectivity index (χ4n) is 3.37. The lowest BCUT2D eigenvalue weighted by molar-refractivity contribution is 0.290. The molecule has 0 amide bonds. The molecule has 1 N–H and O–H groups in total. The Morgan fingerprint density at radius 3 is 2.67 bits per heavy atom. The molecule has 2 aromatic carbocycles. The Labute approximate surface area is 177 Å². The van der Waals surface area contributed by atoms with Crippen LogP contribution in [0.15, 0.2) is 51.7 Å². The molecule has 4 aromatic rings. The van der Waals surface area contributed by atoms with Crippen molar-refractivity contribution in [2.45, 2.75) is 26.9 Å². The summed E-state index contributed by atoms with van der Waals surface area (Å²) in [5, 5.41) is 8.03. The van der Waals surface area contributed by atoms with E-state index in [4.69, 9.17) is 26.1 Å². The van der Waals surface area contributed by atoms with Gasteiger partial charge in [-0.1, -0.05) is 6.92 Å². The van der Waals surface area contributed by atoms with Gasteiger partial charge in [-0.15, -0.1) is 0 Å². The lowest BCUT2D eigenvalue weighted by atomic mass is 10.1. The molecule has 0 atom stereocenters. The molecule has 0 bridgehead atoms. The molecule has 0 unspecified atom stereocenters. The molecule has 0 saturated heterocycles. The summed E-state index contributed by atoms with van der Waals surface area (Å²) in [6.07, 6.45) is 0.773. The summed E-state index contributed by atoms with van der Waals surface area (Å²) in [6.45, 7) is 4.13. The van der Waals surface area contributed by atoms with E-state index in [0.717, 1.165) is 34.4 Å². The van der Waals surface area contributed by atoms with Gasteiger partial charge in [0.15, 0.2) is 10.6 Å². The van der Waals surface area contributed by atoms with E-state index in [2.05, 4.69) is 17.1 Å². The fourth-order valence-corrected chi connectivity index (χ4v) is 3.62. The number of aromatic nitrogens is 3. The van der Waals surface area contributed by atoms with Gasteiger partial charge in [-0.05, 0) is 67.0 Å². The number of rotatable bonds is 6. The maximum atomic E-state index is 11.8. The molecule has 2 aromatic heterocycles. The summed E-state index contributed by atoms with van der Waals surface area (Å²) < 4.78 is 18.9. The van der Waals surface area contributed by atoms with Gasteiger partial charge in [0, 0.05) is 17.5 Å². The molecule has 0 spiro atoms. The number of nitrogens with one attached hydrogen (secondary N) is 1. The minimum Gasteiger partial charge on any atom is -0.497 e. The SMILES string of the molecule is CCc1cc2c(C)cc(=O)oc2cc1OCc1n[nH]c(=S)n1-c1ccc(OC)cc1. The minimum atomic E-state index is -0.379. The number of aryl methyl sites for hydroxylation is 2. The summed E-state index contributed by atoms with van der Waals surface area (Å²) in [7, 11) is 1.62. The van der Waals surface area contributed by atoms with Gasteiger partial charge in [0.1, 0.15) is 23.7 Å². The second kappa shape index (κ2) is 8.16. The van der Waals surface area contributed by atoms with Crippen LogP contribution in [0.1, 0.15) is 23.9 Å². The quantitative estimate of drug-likeness (QED) is 0.363. The molecule has 2 heterocycles. The summed E-state index contributed by atoms with van der Waals surface area (Å²) in [5.41, 5.74) is 2.87. The Balaban J connectivity index is 1.68. The van der Waals surface area contributed by atoms with Crippen LogP contribution in [-0.4, -0.2) is 21.9 Å². The smallest absolute Gasteiger partial charge is 0.336 e. The van der Waals surface area contributed by atoms with Crippen LogP contribution >= 0.6 is 12.2 Å². The highest BCUT2D eigenvalue weighted by Gasteiger charge is 2.13. The molecule has 8 heteroatoms. The summed E-state index contributed by atoms with van der Waals surface area (Å²) in [6, 6.07) is 12.8. The van der Waals surface area contributed by atoms with Crippen molar-refractivity contribution in [3.05, 3.63) is 74.6 Å². The standard InChI is InChI=1S/C22H21N3O4S/c1-4-14-10-17-13(2)9-21(26)29-19(17)11-18(14)28-12-20-23-24-22(30)25(20)15-5-7-16(27-3)8-6-15/h5-11H,4,12H2,1-3H3,(H,24,30). The van der Waals surface area contributed by atoms with Crippen LogP contribution in [0.5, 0.6) is 11.5 Å². The number of hydrogen-bond donors (Lipinski definition) is 1. The Kier molecular flexibility index (Phi) is 5.41. The van der Waals surface area contributed by atoms with Crippen molar-refractivity contribution in [3.8, 4) is 17.2 Å². The molecule has 0 aliphatic rings. The molecule has 0 radical (unpaired) electrons. The highest BCUT2D eigenvalue weighted by atomic mass is 32.1. The molecular formula is C22H21N3O4S. The van der Waals surface area contributed by atoms with Crippen molar-refractivity contribution < 1.29 is 13.9 Å². The summed E-state index contributed by atoms with van der Waals surface area (Å²) in [4.78, 5) is 11.8. The van der Waals surface area contributed by atoms with Gasteiger partial charge >= 0.3 is 5.63 Å². The van der Waals surface area contributed by atoms with E-state index in [0.29, 0.717) is 21.9 Å². The molecule has 0 fully saturated rings. The lowest BCUT2D eigenvalue weighted by Crippen LogP contribution is -2.07. The zero-order valence-electron chi connectivity index (χ0n) is 16.9. The average Bonchev–Trinajstić information content (AvgIpc) is 3.12. The Morgan fingerprint density at radius 2 is 1.97 bits per heavy atom. The molecule has 0 saturated carbocycles. The van der Waals surface area contributed by atoms with Gasteiger partial charge in [0.25, 0.3) is 0 Å². The van der Waals surface area contributed by atoms with Gasteiger partial charge < -0.3 is 13.9 Å². The van der Waals surface area contributed by atoms with Crippen LogP contribution in [0, 0.1) is 11.7 Å². The van der Waals surface area contributed by atoms with E-state index >= 15 is 0 Å². The number of H-pyrrole nitrogens is 1. The van der Waals surface area contributed by atoms with Crippen molar-refractivity contribution >= 4 is 23.2 Å². The first-order chi connectivity index (χ1) is 14.5.